The third kappa shape index (κ3) is 2.79. The minimum Gasteiger partial charge on any atom is -0.324 e. The average molecular weight is 336 g/mol. The van der Waals surface area contributed by atoms with Gasteiger partial charge in [-0.1, -0.05) is 12.8 Å². The summed E-state index contributed by atoms with van der Waals surface area (Å²) in [5.74, 6) is -6.38. The number of amidine groups is 1. The maximum atomic E-state index is 13.5. The SMILES string of the molecule is FC(F)(F)C1=C(C(F)(F)C(F)(F)F)N2CCCCCCN=C12. The Morgan fingerprint density at radius 2 is 1.41 bits per heavy atom. The van der Waals surface area contributed by atoms with Crippen molar-refractivity contribution in [3.05, 3.63) is 11.3 Å². The van der Waals surface area contributed by atoms with Crippen molar-refractivity contribution in [3.63, 3.8) is 0 Å². The monoisotopic (exact) mass is 336 g/mol. The highest BCUT2D eigenvalue weighted by Gasteiger charge is 2.68. The number of hydrogen-bond donors (Lipinski definition) is 0. The molecule has 0 aromatic rings. The minimum absolute atomic E-state index is 0.0315. The van der Waals surface area contributed by atoms with Crippen LogP contribution in [0.4, 0.5) is 35.1 Å². The Labute approximate surface area is 120 Å². The molecule has 0 saturated heterocycles. The van der Waals surface area contributed by atoms with Crippen LogP contribution < -0.4 is 0 Å². The van der Waals surface area contributed by atoms with E-state index in [1.54, 1.807) is 0 Å². The van der Waals surface area contributed by atoms with Crippen LogP contribution in [0.5, 0.6) is 0 Å². The predicted molar refractivity (Wildman–Crippen MR) is 61.6 cm³/mol. The van der Waals surface area contributed by atoms with Crippen LogP contribution in [-0.2, 0) is 0 Å². The van der Waals surface area contributed by atoms with Crippen LogP contribution in [0, 0.1) is 0 Å². The maximum absolute atomic E-state index is 13.5. The molecule has 0 bridgehead atoms. The van der Waals surface area contributed by atoms with E-state index in [-0.39, 0.29) is 19.5 Å². The van der Waals surface area contributed by atoms with Crippen molar-refractivity contribution in [3.8, 4) is 0 Å². The zero-order valence-electron chi connectivity index (χ0n) is 11.2. The highest BCUT2D eigenvalue weighted by molar-refractivity contribution is 6.07. The fourth-order valence-corrected chi connectivity index (χ4v) is 2.45. The van der Waals surface area contributed by atoms with Gasteiger partial charge in [-0.3, -0.25) is 4.99 Å². The number of rotatable bonds is 1. The zero-order chi connectivity index (χ0) is 16.8. The van der Waals surface area contributed by atoms with Crippen molar-refractivity contribution in [2.75, 3.05) is 13.1 Å². The molecule has 0 unspecified atom stereocenters. The smallest absolute Gasteiger partial charge is 0.324 e. The Morgan fingerprint density at radius 1 is 0.818 bits per heavy atom. The van der Waals surface area contributed by atoms with E-state index >= 15 is 0 Å². The highest BCUT2D eigenvalue weighted by atomic mass is 19.4. The zero-order valence-corrected chi connectivity index (χ0v) is 11.2. The number of allylic oxidation sites excluding steroid dienone is 1. The molecular weight excluding hydrogens is 324 g/mol. The predicted octanol–water partition coefficient (Wildman–Crippen LogP) is 4.29. The van der Waals surface area contributed by atoms with Gasteiger partial charge in [0.1, 0.15) is 17.1 Å². The number of nitrogens with zero attached hydrogens (tertiary/aromatic N) is 2. The molecule has 2 heterocycles. The molecule has 10 heteroatoms. The Bertz CT molecular complexity index is 500. The van der Waals surface area contributed by atoms with Gasteiger partial charge in [-0.15, -0.1) is 0 Å². The van der Waals surface area contributed by atoms with Gasteiger partial charge in [0.05, 0.1) is 0 Å². The van der Waals surface area contributed by atoms with E-state index in [4.69, 9.17) is 0 Å². The summed E-state index contributed by atoms with van der Waals surface area (Å²) < 4.78 is 103. The molecule has 0 fully saturated rings. The first kappa shape index (κ1) is 17.0. The lowest BCUT2D eigenvalue weighted by Crippen LogP contribution is -2.57. The summed E-state index contributed by atoms with van der Waals surface area (Å²) in [6.45, 7) is -0.365. The molecule has 2 rings (SSSR count). The maximum Gasteiger partial charge on any atom is 0.459 e. The van der Waals surface area contributed by atoms with Crippen molar-refractivity contribution in [1.29, 1.82) is 0 Å². The fraction of sp³-hybridized carbons (Fsp3) is 0.750. The Hall–Kier alpha value is -1.35. The Kier molecular flexibility index (Phi) is 4.16. The van der Waals surface area contributed by atoms with Gasteiger partial charge in [0.2, 0.25) is 0 Å². The molecule has 0 saturated carbocycles. The number of aliphatic imine (C=N–C) groups is 1. The van der Waals surface area contributed by atoms with Crippen molar-refractivity contribution in [1.82, 2.24) is 4.90 Å². The molecule has 0 N–H and O–H groups in total. The Balaban J connectivity index is 2.54. The molecule has 0 amide bonds. The molecule has 0 radical (unpaired) electrons. The van der Waals surface area contributed by atoms with Gasteiger partial charge in [-0.2, -0.15) is 35.1 Å². The minimum atomic E-state index is -6.09. The van der Waals surface area contributed by atoms with Crippen LogP contribution in [0.15, 0.2) is 16.3 Å². The number of halogens is 8. The number of hydrogen-bond acceptors (Lipinski definition) is 2. The lowest BCUT2D eigenvalue weighted by molar-refractivity contribution is -0.272. The van der Waals surface area contributed by atoms with Crippen LogP contribution in [0.25, 0.3) is 0 Å². The standard InChI is InChI=1S/C12H12F8N2/c13-10(14,12(18,19)20)8-7(11(15,16)17)9-21-5-3-1-2-4-6-22(8)9/h1-6H2. The van der Waals surface area contributed by atoms with Gasteiger partial charge in [0.15, 0.2) is 0 Å². The second kappa shape index (κ2) is 5.38. The molecule has 2 aliphatic rings. The molecule has 2 aliphatic heterocycles. The van der Waals surface area contributed by atoms with Crippen LogP contribution in [-0.4, -0.2) is 42.1 Å². The summed E-state index contributed by atoms with van der Waals surface area (Å²) in [7, 11) is 0. The normalized spacial score (nSPS) is 21.5. The number of alkyl halides is 8. The molecule has 0 aliphatic carbocycles. The molecular formula is C12H12F8N2. The first-order valence-corrected chi connectivity index (χ1v) is 6.57. The van der Waals surface area contributed by atoms with Gasteiger partial charge in [0, 0.05) is 13.1 Å². The van der Waals surface area contributed by atoms with Gasteiger partial charge >= 0.3 is 18.3 Å². The molecule has 0 aromatic carbocycles. The molecule has 0 atom stereocenters. The molecule has 126 valence electrons. The third-order valence-electron chi connectivity index (χ3n) is 3.47. The van der Waals surface area contributed by atoms with Crippen LogP contribution >= 0.6 is 0 Å². The van der Waals surface area contributed by atoms with E-state index < -0.39 is 35.4 Å². The van der Waals surface area contributed by atoms with E-state index in [0.29, 0.717) is 24.2 Å². The Morgan fingerprint density at radius 3 is 1.95 bits per heavy atom. The van der Waals surface area contributed by atoms with Crippen molar-refractivity contribution >= 4 is 5.84 Å². The second-order valence-corrected chi connectivity index (χ2v) is 5.06. The first-order chi connectivity index (χ1) is 9.98. The van der Waals surface area contributed by atoms with Crippen LogP contribution in [0.3, 0.4) is 0 Å². The average Bonchev–Trinajstić information content (AvgIpc) is 2.38. The summed E-state index contributed by atoms with van der Waals surface area (Å²) in [5, 5.41) is 0. The van der Waals surface area contributed by atoms with Crippen molar-refractivity contribution in [2.24, 2.45) is 4.99 Å². The van der Waals surface area contributed by atoms with Crippen LogP contribution in [0.2, 0.25) is 0 Å². The summed E-state index contributed by atoms with van der Waals surface area (Å²) in [6, 6.07) is 0. The van der Waals surface area contributed by atoms with E-state index in [9.17, 15) is 35.1 Å². The lowest BCUT2D eigenvalue weighted by Gasteiger charge is -2.43. The van der Waals surface area contributed by atoms with E-state index in [1.807, 2.05) is 0 Å². The van der Waals surface area contributed by atoms with Gasteiger partial charge in [-0.05, 0) is 12.8 Å². The molecule has 2 nitrogen and oxygen atoms in total. The molecule has 0 aromatic heterocycles. The third-order valence-corrected chi connectivity index (χ3v) is 3.47. The second-order valence-electron chi connectivity index (χ2n) is 5.06. The van der Waals surface area contributed by atoms with E-state index in [1.165, 1.54) is 0 Å². The topological polar surface area (TPSA) is 15.6 Å². The van der Waals surface area contributed by atoms with Crippen molar-refractivity contribution in [2.45, 2.75) is 44.0 Å². The summed E-state index contributed by atoms with van der Waals surface area (Å²) >= 11 is 0. The first-order valence-electron chi connectivity index (χ1n) is 6.57. The van der Waals surface area contributed by atoms with Gasteiger partial charge in [-0.25, -0.2) is 0 Å². The van der Waals surface area contributed by atoms with Crippen molar-refractivity contribution < 1.29 is 35.1 Å². The fourth-order valence-electron chi connectivity index (χ4n) is 2.45. The van der Waals surface area contributed by atoms with E-state index in [2.05, 4.69) is 4.99 Å². The highest BCUT2D eigenvalue weighted by Crippen LogP contribution is 2.51. The summed E-state index contributed by atoms with van der Waals surface area (Å²) in [5.41, 5.74) is -4.00. The number of fused-ring (bicyclic) bond motifs is 1. The largest absolute Gasteiger partial charge is 0.459 e. The summed E-state index contributed by atoms with van der Waals surface area (Å²) in [6.07, 6.45) is -9.55. The van der Waals surface area contributed by atoms with Crippen LogP contribution in [0.1, 0.15) is 25.7 Å². The van der Waals surface area contributed by atoms with E-state index in [0.717, 1.165) is 0 Å². The van der Waals surface area contributed by atoms with Gasteiger partial charge in [0.25, 0.3) is 0 Å². The molecule has 0 spiro atoms. The van der Waals surface area contributed by atoms with Gasteiger partial charge < -0.3 is 4.90 Å². The molecule has 22 heavy (non-hydrogen) atoms. The summed E-state index contributed by atoms with van der Waals surface area (Å²) in [4.78, 5) is 3.93. The quantitative estimate of drug-likeness (QED) is 0.652. The lowest BCUT2D eigenvalue weighted by atomic mass is 9.95.